The molecule has 1 unspecified atom stereocenters. The van der Waals surface area contributed by atoms with Crippen molar-refractivity contribution in [2.45, 2.75) is 75.5 Å². The molecule has 0 fully saturated rings. The Bertz CT molecular complexity index is 799. The summed E-state index contributed by atoms with van der Waals surface area (Å²) in [5.74, 6) is -0.0756. The van der Waals surface area contributed by atoms with Crippen LogP contribution >= 0.6 is 0 Å². The molecule has 0 heterocycles. The summed E-state index contributed by atoms with van der Waals surface area (Å²) >= 11 is -0.351. The van der Waals surface area contributed by atoms with Crippen LogP contribution in [0.15, 0.2) is 48.0 Å². The first-order chi connectivity index (χ1) is 13.6. The van der Waals surface area contributed by atoms with Crippen molar-refractivity contribution in [2.75, 3.05) is 0 Å². The molecule has 4 heteroatoms. The van der Waals surface area contributed by atoms with Crippen molar-refractivity contribution < 1.29 is 47.2 Å². The SMILES string of the molecule is CCCCCCc1ccc(-c2cccc3c2C=C(CCC)[CH]3[Zr+2][Si](C)C)cc1.[Cl-].[Cl-]. The van der Waals surface area contributed by atoms with E-state index in [0.717, 1.165) is 3.63 Å². The quantitative estimate of drug-likeness (QED) is 0.322. The standard InChI is InChI=1S/C24H29.C2H6Si.2ClH.Zr/c1-3-5-6-7-10-19-13-15-21(16-14-19)23-12-8-11-22-17-20(9-4-2)18-24(22)23;1-3-2;;;/h8,11-18H,3-7,9-10H2,1-2H3;1-2H3;2*1H;/q;;;;+2/p-2. The fourth-order valence-corrected chi connectivity index (χ4v) is 13.2. The van der Waals surface area contributed by atoms with E-state index in [1.54, 1.807) is 11.1 Å². The van der Waals surface area contributed by atoms with Crippen LogP contribution in [0.2, 0.25) is 13.1 Å². The fraction of sp³-hybridized carbons (Fsp3) is 0.462. The van der Waals surface area contributed by atoms with Crippen LogP contribution in [0, 0.1) is 0 Å². The average Bonchev–Trinajstić information content (AvgIpc) is 3.03. The first-order valence-electron chi connectivity index (χ1n) is 11.1. The van der Waals surface area contributed by atoms with Crippen LogP contribution < -0.4 is 24.8 Å². The molecule has 0 amide bonds. The number of rotatable bonds is 10. The van der Waals surface area contributed by atoms with Gasteiger partial charge in [0.1, 0.15) is 0 Å². The number of fused-ring (bicyclic) bond motifs is 1. The van der Waals surface area contributed by atoms with Crippen molar-refractivity contribution in [3.63, 3.8) is 0 Å². The van der Waals surface area contributed by atoms with Gasteiger partial charge in [0.2, 0.25) is 0 Å². The van der Waals surface area contributed by atoms with Gasteiger partial charge in [-0.05, 0) is 0 Å². The van der Waals surface area contributed by atoms with E-state index in [1.165, 1.54) is 67.2 Å². The Balaban J connectivity index is 0.00000225. The first-order valence-corrected chi connectivity index (χ1v) is 18.7. The van der Waals surface area contributed by atoms with Crippen molar-refractivity contribution in [1.29, 1.82) is 0 Å². The molecule has 1 aliphatic carbocycles. The van der Waals surface area contributed by atoms with Crippen molar-refractivity contribution in [3.8, 4) is 11.1 Å². The number of allylic oxidation sites excluding steroid dienone is 1. The summed E-state index contributed by atoms with van der Waals surface area (Å²) in [5.41, 5.74) is 9.27. The normalized spacial score (nSPS) is 14.4. The molecule has 0 saturated carbocycles. The van der Waals surface area contributed by atoms with Crippen LogP contribution in [0.3, 0.4) is 0 Å². The van der Waals surface area contributed by atoms with Crippen LogP contribution in [-0.4, -0.2) is 5.92 Å². The second kappa shape index (κ2) is 14.1. The third-order valence-corrected chi connectivity index (χ3v) is 14.6. The number of aryl methyl sites for hydroxylation is 1. The summed E-state index contributed by atoms with van der Waals surface area (Å²) in [4.78, 5) is 0. The minimum absolute atomic E-state index is 0. The van der Waals surface area contributed by atoms with Crippen molar-refractivity contribution in [2.24, 2.45) is 0 Å². The van der Waals surface area contributed by atoms with Gasteiger partial charge < -0.3 is 24.8 Å². The van der Waals surface area contributed by atoms with Gasteiger partial charge in [0.25, 0.3) is 0 Å². The second-order valence-electron chi connectivity index (χ2n) is 8.36. The van der Waals surface area contributed by atoms with Gasteiger partial charge in [-0.3, -0.25) is 0 Å². The maximum Gasteiger partial charge on any atom is -1.00 e. The molecule has 0 N–H and O–H groups in total. The topological polar surface area (TPSA) is 0 Å². The Morgan fingerprint density at radius 1 is 0.833 bits per heavy atom. The molecule has 0 aliphatic heterocycles. The molecule has 0 saturated heterocycles. The summed E-state index contributed by atoms with van der Waals surface area (Å²) < 4.78 is 0.834. The zero-order valence-electron chi connectivity index (χ0n) is 18.9. The van der Waals surface area contributed by atoms with Crippen LogP contribution in [0.4, 0.5) is 0 Å². The second-order valence-corrected chi connectivity index (χ2v) is 21.6. The van der Waals surface area contributed by atoms with E-state index in [0.29, 0.717) is 0 Å². The molecule has 3 rings (SSSR count). The van der Waals surface area contributed by atoms with Crippen molar-refractivity contribution >= 4 is 12.0 Å². The van der Waals surface area contributed by atoms with Crippen LogP contribution in [-0.2, 0) is 28.8 Å². The first kappa shape index (κ1) is 27.9. The van der Waals surface area contributed by atoms with Gasteiger partial charge in [-0.15, -0.1) is 0 Å². The largest absolute Gasteiger partial charge is 1.00 e. The van der Waals surface area contributed by atoms with Crippen molar-refractivity contribution in [1.82, 2.24) is 0 Å². The van der Waals surface area contributed by atoms with Crippen molar-refractivity contribution in [3.05, 3.63) is 64.7 Å². The minimum atomic E-state index is -0.351. The summed E-state index contributed by atoms with van der Waals surface area (Å²) in [7, 11) is 0. The summed E-state index contributed by atoms with van der Waals surface area (Å²) in [6.07, 6.45) is 11.7. The number of benzene rings is 2. The molecule has 0 spiro atoms. The summed E-state index contributed by atoms with van der Waals surface area (Å²) in [6, 6.07) is 16.5. The van der Waals surface area contributed by atoms with Crippen LogP contribution in [0.25, 0.3) is 17.2 Å². The van der Waals surface area contributed by atoms with Gasteiger partial charge in [-0.1, -0.05) is 13.3 Å². The third kappa shape index (κ3) is 7.19. The van der Waals surface area contributed by atoms with E-state index in [9.17, 15) is 0 Å². The predicted octanol–water partition coefficient (Wildman–Crippen LogP) is 2.06. The molecule has 1 aliphatic rings. The Morgan fingerprint density at radius 3 is 2.20 bits per heavy atom. The molecule has 0 bridgehead atoms. The van der Waals surface area contributed by atoms with E-state index < -0.39 is 0 Å². The molecule has 2 aromatic carbocycles. The zero-order chi connectivity index (χ0) is 19.9. The van der Waals surface area contributed by atoms with Gasteiger partial charge in [0, 0.05) is 0 Å². The average molecular weight is 538 g/mol. The zero-order valence-corrected chi connectivity index (χ0v) is 23.9. The predicted molar refractivity (Wildman–Crippen MR) is 123 cm³/mol. The molecule has 0 nitrogen and oxygen atoms in total. The molecule has 2 aromatic rings. The summed E-state index contributed by atoms with van der Waals surface area (Å²) in [6.45, 7) is 9.67. The molecular formula is C26H35Cl2SiZr. The molecule has 161 valence electrons. The van der Waals surface area contributed by atoms with E-state index in [2.05, 4.69) is 75.5 Å². The van der Waals surface area contributed by atoms with Gasteiger partial charge in [-0.25, -0.2) is 0 Å². The van der Waals surface area contributed by atoms with E-state index >= 15 is 0 Å². The Hall–Kier alpha value is -0.140. The number of halogens is 2. The van der Waals surface area contributed by atoms with E-state index in [1.807, 2.05) is 0 Å². The van der Waals surface area contributed by atoms with Gasteiger partial charge >= 0.3 is 172 Å². The van der Waals surface area contributed by atoms with Gasteiger partial charge in [0.15, 0.2) is 0 Å². The minimum Gasteiger partial charge on any atom is -1.00 e. The number of hydrogen-bond donors (Lipinski definition) is 0. The molecule has 1 radical (unpaired) electrons. The molecule has 0 aromatic heterocycles. The summed E-state index contributed by atoms with van der Waals surface area (Å²) in [5, 5.41) is 0. The Labute approximate surface area is 209 Å². The van der Waals surface area contributed by atoms with Gasteiger partial charge in [0.05, 0.1) is 0 Å². The Morgan fingerprint density at radius 2 is 1.57 bits per heavy atom. The maximum absolute atomic E-state index is 2.57. The van der Waals surface area contributed by atoms with E-state index in [4.69, 9.17) is 0 Å². The van der Waals surface area contributed by atoms with Crippen LogP contribution in [0.1, 0.15) is 72.7 Å². The fourth-order valence-electron chi connectivity index (χ4n) is 4.29. The smallest absolute Gasteiger partial charge is 1.00 e. The van der Waals surface area contributed by atoms with Gasteiger partial charge in [-0.2, -0.15) is 0 Å². The Kier molecular flexibility index (Phi) is 13.1. The number of unbranched alkanes of at least 4 members (excludes halogenated alkanes) is 3. The van der Waals surface area contributed by atoms with Crippen LogP contribution in [0.5, 0.6) is 0 Å². The van der Waals surface area contributed by atoms with E-state index in [-0.39, 0.29) is 53.1 Å². The third-order valence-electron chi connectivity index (χ3n) is 5.71. The molecular weight excluding hydrogens is 503 g/mol. The molecule has 30 heavy (non-hydrogen) atoms. The molecule has 1 atom stereocenters. The monoisotopic (exact) mass is 535 g/mol. The number of hydrogen-bond acceptors (Lipinski definition) is 0. The maximum atomic E-state index is 2.57.